The largest absolute Gasteiger partial charge is 0.481 e. The van der Waals surface area contributed by atoms with Crippen LogP contribution >= 0.6 is 11.6 Å². The second-order valence-corrected chi connectivity index (χ2v) is 11.7. The van der Waals surface area contributed by atoms with Gasteiger partial charge in [-0.05, 0) is 51.1 Å². The van der Waals surface area contributed by atoms with Gasteiger partial charge in [0.05, 0.1) is 28.7 Å². The van der Waals surface area contributed by atoms with E-state index in [1.165, 1.54) is 23.9 Å². The molecule has 0 bridgehead atoms. The smallest absolute Gasteiger partial charge is 0.309 e. The second-order valence-electron chi connectivity index (χ2n) is 11.2. The number of benzene rings is 2. The Bertz CT molecular complexity index is 2030. The Kier molecular flexibility index (Phi) is 6.65. The Hall–Kier alpha value is -4.98. The van der Waals surface area contributed by atoms with Crippen LogP contribution in [0.1, 0.15) is 43.5 Å². The third-order valence-electron chi connectivity index (χ3n) is 7.68. The lowest BCUT2D eigenvalue weighted by molar-refractivity contribution is -0.146. The van der Waals surface area contributed by atoms with Gasteiger partial charge in [0.25, 0.3) is 0 Å². The predicted molar refractivity (Wildman–Crippen MR) is 152 cm³/mol. The predicted octanol–water partition coefficient (Wildman–Crippen LogP) is 5.09. The standard InChI is InChI=1S/C29H23ClF3N7O4/c1-28(2,27(42)43)9-13-11-44-26(35-13)29(3)19-22(34)36-24(37-23(19)38-25(29)41)21-14-5-4-12(30)8-18(14)40(39-21)10-15-16(31)6-7-17(32)20(15)33/h4-8,11H,9-10H2,1-3H3,(H,42,43)(H3,34,36,37,38,41). The van der Waals surface area contributed by atoms with E-state index in [0.29, 0.717) is 27.7 Å². The van der Waals surface area contributed by atoms with Gasteiger partial charge < -0.3 is 20.6 Å². The van der Waals surface area contributed by atoms with Crippen LogP contribution in [-0.2, 0) is 28.0 Å². The third-order valence-corrected chi connectivity index (χ3v) is 7.91. The highest BCUT2D eigenvalue weighted by Gasteiger charge is 2.51. The first-order chi connectivity index (χ1) is 20.7. The average Bonchev–Trinajstić information content (AvgIpc) is 3.63. The van der Waals surface area contributed by atoms with E-state index in [0.717, 1.165) is 6.07 Å². The number of carboxylic acid groups (broad SMARTS) is 1. The van der Waals surface area contributed by atoms with Crippen molar-refractivity contribution >= 4 is 46.0 Å². The minimum absolute atomic E-state index is 0.0200. The number of hydrogen-bond donors (Lipinski definition) is 3. The number of carboxylic acids is 1. The molecule has 1 aliphatic rings. The number of aromatic nitrogens is 5. The van der Waals surface area contributed by atoms with Crippen LogP contribution in [0.5, 0.6) is 0 Å². The zero-order chi connectivity index (χ0) is 31.7. The zero-order valence-corrected chi connectivity index (χ0v) is 24.1. The number of hydrogen-bond acceptors (Lipinski definition) is 8. The zero-order valence-electron chi connectivity index (χ0n) is 23.4. The van der Waals surface area contributed by atoms with Gasteiger partial charge in [0.1, 0.15) is 29.4 Å². The molecule has 1 atom stereocenters. The second kappa shape index (κ2) is 10.0. The van der Waals surface area contributed by atoms with Crippen LogP contribution in [0.2, 0.25) is 5.02 Å². The number of nitrogens with one attached hydrogen (secondary N) is 1. The number of carbonyl (C=O) groups excluding carboxylic acids is 1. The van der Waals surface area contributed by atoms with Crippen molar-refractivity contribution in [1.29, 1.82) is 0 Å². The van der Waals surface area contributed by atoms with E-state index < -0.39 is 52.3 Å². The number of amides is 1. The molecule has 11 nitrogen and oxygen atoms in total. The van der Waals surface area contributed by atoms with Gasteiger partial charge in [0.2, 0.25) is 11.8 Å². The van der Waals surface area contributed by atoms with E-state index in [1.807, 2.05) is 0 Å². The van der Waals surface area contributed by atoms with E-state index in [2.05, 4.69) is 25.4 Å². The fourth-order valence-electron chi connectivity index (χ4n) is 5.16. The van der Waals surface area contributed by atoms with Crippen LogP contribution in [0.4, 0.5) is 24.8 Å². The number of fused-ring (bicyclic) bond motifs is 2. The monoisotopic (exact) mass is 625 g/mol. The molecule has 2 aromatic carbocycles. The number of halogens is 4. The molecule has 1 amide bonds. The molecule has 0 radical (unpaired) electrons. The molecular formula is C29H23ClF3N7O4. The summed E-state index contributed by atoms with van der Waals surface area (Å²) >= 11 is 6.20. The summed E-state index contributed by atoms with van der Waals surface area (Å²) in [5, 5.41) is 17.4. The van der Waals surface area contributed by atoms with Gasteiger partial charge in [0, 0.05) is 22.4 Å². The van der Waals surface area contributed by atoms with Crippen LogP contribution in [0.25, 0.3) is 22.4 Å². The molecule has 5 aromatic rings. The number of anilines is 2. The van der Waals surface area contributed by atoms with Crippen LogP contribution in [-0.4, -0.2) is 41.7 Å². The van der Waals surface area contributed by atoms with Crippen molar-refractivity contribution in [3.63, 3.8) is 0 Å². The molecule has 15 heteroatoms. The first-order valence-electron chi connectivity index (χ1n) is 13.2. The summed E-state index contributed by atoms with van der Waals surface area (Å²) in [7, 11) is 0. The number of rotatable bonds is 7. The summed E-state index contributed by atoms with van der Waals surface area (Å²) in [6.45, 7) is 4.13. The molecule has 4 N–H and O–H groups in total. The van der Waals surface area contributed by atoms with Gasteiger partial charge in [-0.2, -0.15) is 5.10 Å². The molecule has 0 fully saturated rings. The van der Waals surface area contributed by atoms with E-state index in [4.69, 9.17) is 21.8 Å². The van der Waals surface area contributed by atoms with E-state index in [-0.39, 0.29) is 41.0 Å². The minimum Gasteiger partial charge on any atom is -0.481 e. The maximum Gasteiger partial charge on any atom is 0.309 e. The SMILES string of the molecule is CC(C)(Cc1coc(C2(C)C(=O)Nc3nc(-c4nn(Cc5c(F)ccc(F)c5F)c5cc(Cl)ccc45)nc(N)c32)n1)C(=O)O. The van der Waals surface area contributed by atoms with E-state index in [1.54, 1.807) is 26.0 Å². The van der Waals surface area contributed by atoms with Gasteiger partial charge in [0.15, 0.2) is 22.9 Å². The Morgan fingerprint density at radius 1 is 1.16 bits per heavy atom. The first kappa shape index (κ1) is 29.1. The molecule has 3 aromatic heterocycles. The lowest BCUT2D eigenvalue weighted by atomic mass is 9.84. The molecule has 0 saturated heterocycles. The van der Waals surface area contributed by atoms with Crippen LogP contribution in [0.3, 0.4) is 0 Å². The number of nitrogens with two attached hydrogens (primary N) is 1. The number of nitrogens with zero attached hydrogens (tertiary/aromatic N) is 5. The average molecular weight is 626 g/mol. The molecule has 0 spiro atoms. The topological polar surface area (TPSA) is 162 Å². The maximum absolute atomic E-state index is 14.5. The molecule has 6 rings (SSSR count). The molecule has 226 valence electrons. The summed E-state index contributed by atoms with van der Waals surface area (Å²) in [4.78, 5) is 38.2. The van der Waals surface area contributed by atoms with Gasteiger partial charge in [-0.25, -0.2) is 28.1 Å². The summed E-state index contributed by atoms with van der Waals surface area (Å²) in [6.07, 6.45) is 1.33. The van der Waals surface area contributed by atoms with Gasteiger partial charge >= 0.3 is 5.97 Å². The van der Waals surface area contributed by atoms with E-state index in [9.17, 15) is 27.9 Å². The summed E-state index contributed by atoms with van der Waals surface area (Å²) in [6, 6.07) is 6.21. The lowest BCUT2D eigenvalue weighted by Gasteiger charge is -2.19. The molecule has 1 unspecified atom stereocenters. The van der Waals surface area contributed by atoms with E-state index >= 15 is 0 Å². The van der Waals surface area contributed by atoms with Crippen molar-refractivity contribution in [3.8, 4) is 11.5 Å². The van der Waals surface area contributed by atoms with Crippen molar-refractivity contribution in [2.24, 2.45) is 5.41 Å². The summed E-state index contributed by atoms with van der Waals surface area (Å²) in [5.74, 6) is -5.20. The van der Waals surface area contributed by atoms with Crippen molar-refractivity contribution in [2.75, 3.05) is 11.1 Å². The molecule has 0 saturated carbocycles. The number of oxazole rings is 1. The van der Waals surface area contributed by atoms with Gasteiger partial charge in [-0.1, -0.05) is 11.6 Å². The molecule has 44 heavy (non-hydrogen) atoms. The summed E-state index contributed by atoms with van der Waals surface area (Å²) in [5.41, 5.74) is 4.19. The fraction of sp³-hybridized carbons (Fsp3) is 0.241. The van der Waals surface area contributed by atoms with Gasteiger partial charge in [-0.15, -0.1) is 0 Å². The minimum atomic E-state index is -1.55. The molecular weight excluding hydrogens is 603 g/mol. The molecule has 1 aliphatic heterocycles. The Morgan fingerprint density at radius 3 is 2.61 bits per heavy atom. The van der Waals surface area contributed by atoms with Crippen molar-refractivity contribution in [1.82, 2.24) is 24.7 Å². The molecule has 4 heterocycles. The van der Waals surface area contributed by atoms with Crippen LogP contribution in [0, 0.1) is 22.9 Å². The Balaban J connectivity index is 1.43. The Morgan fingerprint density at radius 2 is 1.89 bits per heavy atom. The lowest BCUT2D eigenvalue weighted by Crippen LogP contribution is -2.33. The highest BCUT2D eigenvalue weighted by Crippen LogP contribution is 2.45. The highest BCUT2D eigenvalue weighted by atomic mass is 35.5. The third kappa shape index (κ3) is 4.53. The first-order valence-corrected chi connectivity index (χ1v) is 13.5. The Labute approximate surface area is 251 Å². The summed E-state index contributed by atoms with van der Waals surface area (Å²) < 4.78 is 49.8. The number of aliphatic carboxylic acids is 1. The number of carbonyl (C=O) groups is 2. The highest BCUT2D eigenvalue weighted by molar-refractivity contribution is 6.31. The number of nitrogen functional groups attached to an aromatic ring is 1. The van der Waals surface area contributed by atoms with Crippen LogP contribution in [0.15, 0.2) is 41.0 Å². The van der Waals surface area contributed by atoms with Crippen molar-refractivity contribution < 1.29 is 32.3 Å². The quantitative estimate of drug-likeness (QED) is 0.209. The van der Waals surface area contributed by atoms with Crippen molar-refractivity contribution in [2.45, 2.75) is 39.2 Å². The normalized spacial score (nSPS) is 16.4. The van der Waals surface area contributed by atoms with Gasteiger partial charge in [-0.3, -0.25) is 14.3 Å². The van der Waals surface area contributed by atoms with Crippen molar-refractivity contribution in [3.05, 3.63) is 81.8 Å². The molecule has 0 aliphatic carbocycles. The maximum atomic E-state index is 14.5. The van der Waals surface area contributed by atoms with Crippen LogP contribution < -0.4 is 11.1 Å². The fourth-order valence-corrected chi connectivity index (χ4v) is 5.33.